The zero-order chi connectivity index (χ0) is 13.0. The molecule has 18 heavy (non-hydrogen) atoms. The standard InChI is InChI=1S/C13H18BrN3O/c14-10-3-1-4-11(9-10)17-8-2-7-16-13(18)12(17)5-6-15/h1,3-4,9,12H,2,5-8,15H2,(H,16,18). The molecule has 1 amide bonds. The number of amides is 1. The second-order valence-corrected chi connectivity index (χ2v) is 5.33. The van der Waals surface area contributed by atoms with Gasteiger partial charge in [-0.25, -0.2) is 0 Å². The van der Waals surface area contributed by atoms with Gasteiger partial charge in [0.2, 0.25) is 5.91 Å². The summed E-state index contributed by atoms with van der Waals surface area (Å²) in [6, 6.07) is 7.89. The summed E-state index contributed by atoms with van der Waals surface area (Å²) in [5.74, 6) is 0.0814. The van der Waals surface area contributed by atoms with E-state index in [0.717, 1.165) is 29.7 Å². The van der Waals surface area contributed by atoms with Crippen LogP contribution in [0.5, 0.6) is 0 Å². The Kier molecular flexibility index (Phi) is 4.60. The number of nitrogens with zero attached hydrogens (tertiary/aromatic N) is 1. The lowest BCUT2D eigenvalue weighted by Gasteiger charge is -2.30. The summed E-state index contributed by atoms with van der Waals surface area (Å²) in [5, 5.41) is 2.95. The van der Waals surface area contributed by atoms with Crippen LogP contribution in [0.1, 0.15) is 12.8 Å². The van der Waals surface area contributed by atoms with Crippen LogP contribution in [0.4, 0.5) is 5.69 Å². The van der Waals surface area contributed by atoms with Gasteiger partial charge in [-0.1, -0.05) is 22.0 Å². The minimum atomic E-state index is -0.160. The summed E-state index contributed by atoms with van der Waals surface area (Å²) in [5.41, 5.74) is 6.70. The summed E-state index contributed by atoms with van der Waals surface area (Å²) in [4.78, 5) is 14.2. The first-order valence-corrected chi connectivity index (χ1v) is 7.01. The molecule has 1 aliphatic heterocycles. The number of halogens is 1. The van der Waals surface area contributed by atoms with Gasteiger partial charge in [0.1, 0.15) is 6.04 Å². The maximum Gasteiger partial charge on any atom is 0.242 e. The van der Waals surface area contributed by atoms with Crippen molar-refractivity contribution in [3.8, 4) is 0 Å². The number of nitrogens with two attached hydrogens (primary N) is 1. The molecule has 1 unspecified atom stereocenters. The maximum atomic E-state index is 12.1. The number of carbonyl (C=O) groups is 1. The molecule has 1 aromatic rings. The van der Waals surface area contributed by atoms with Crippen LogP contribution in [-0.4, -0.2) is 31.6 Å². The molecule has 0 spiro atoms. The van der Waals surface area contributed by atoms with Gasteiger partial charge in [-0.05, 0) is 37.6 Å². The van der Waals surface area contributed by atoms with E-state index in [-0.39, 0.29) is 11.9 Å². The maximum absolute atomic E-state index is 12.1. The predicted molar refractivity (Wildman–Crippen MR) is 76.6 cm³/mol. The molecule has 1 heterocycles. The Morgan fingerprint density at radius 2 is 2.33 bits per heavy atom. The molecule has 1 aliphatic rings. The van der Waals surface area contributed by atoms with Crippen molar-refractivity contribution in [2.45, 2.75) is 18.9 Å². The molecule has 1 aromatic carbocycles. The molecule has 5 heteroatoms. The molecule has 0 bridgehead atoms. The lowest BCUT2D eigenvalue weighted by atomic mass is 10.1. The number of anilines is 1. The van der Waals surface area contributed by atoms with E-state index in [1.54, 1.807) is 0 Å². The first kappa shape index (κ1) is 13.4. The highest BCUT2D eigenvalue weighted by molar-refractivity contribution is 9.10. The van der Waals surface area contributed by atoms with Gasteiger partial charge in [0.25, 0.3) is 0 Å². The molecule has 1 atom stereocenters. The number of nitrogens with one attached hydrogen (secondary N) is 1. The molecule has 0 aliphatic carbocycles. The Hall–Kier alpha value is -1.07. The van der Waals surface area contributed by atoms with E-state index < -0.39 is 0 Å². The molecule has 1 fully saturated rings. The predicted octanol–water partition coefficient (Wildman–Crippen LogP) is 1.49. The fourth-order valence-corrected chi connectivity index (χ4v) is 2.67. The zero-order valence-electron chi connectivity index (χ0n) is 10.2. The minimum absolute atomic E-state index is 0.0814. The minimum Gasteiger partial charge on any atom is -0.359 e. The van der Waals surface area contributed by atoms with E-state index in [4.69, 9.17) is 5.73 Å². The monoisotopic (exact) mass is 311 g/mol. The molecular formula is C13H18BrN3O. The first-order chi connectivity index (χ1) is 8.72. The number of rotatable bonds is 3. The highest BCUT2D eigenvalue weighted by Gasteiger charge is 2.27. The molecule has 1 saturated heterocycles. The van der Waals surface area contributed by atoms with Crippen molar-refractivity contribution in [2.24, 2.45) is 5.73 Å². The zero-order valence-corrected chi connectivity index (χ0v) is 11.8. The highest BCUT2D eigenvalue weighted by Crippen LogP contribution is 2.24. The van der Waals surface area contributed by atoms with E-state index in [1.165, 1.54) is 0 Å². The Morgan fingerprint density at radius 1 is 1.50 bits per heavy atom. The van der Waals surface area contributed by atoms with E-state index in [1.807, 2.05) is 24.3 Å². The molecule has 3 N–H and O–H groups in total. The second kappa shape index (κ2) is 6.20. The van der Waals surface area contributed by atoms with Crippen LogP contribution in [0.15, 0.2) is 28.7 Å². The third-order valence-corrected chi connectivity index (χ3v) is 3.63. The van der Waals surface area contributed by atoms with Gasteiger partial charge in [0.05, 0.1) is 0 Å². The van der Waals surface area contributed by atoms with Crippen molar-refractivity contribution in [2.75, 3.05) is 24.5 Å². The van der Waals surface area contributed by atoms with Gasteiger partial charge in [0, 0.05) is 23.2 Å². The van der Waals surface area contributed by atoms with Crippen molar-refractivity contribution in [1.29, 1.82) is 0 Å². The van der Waals surface area contributed by atoms with Crippen LogP contribution in [0.2, 0.25) is 0 Å². The smallest absolute Gasteiger partial charge is 0.242 e. The third kappa shape index (κ3) is 3.03. The van der Waals surface area contributed by atoms with E-state index in [9.17, 15) is 4.79 Å². The first-order valence-electron chi connectivity index (χ1n) is 6.22. The van der Waals surface area contributed by atoms with Crippen molar-refractivity contribution < 1.29 is 4.79 Å². The van der Waals surface area contributed by atoms with Gasteiger partial charge < -0.3 is 16.0 Å². The number of benzene rings is 1. The molecule has 0 aromatic heterocycles. The number of hydrogen-bond donors (Lipinski definition) is 2. The molecule has 0 saturated carbocycles. The fraction of sp³-hybridized carbons (Fsp3) is 0.462. The lowest BCUT2D eigenvalue weighted by molar-refractivity contribution is -0.122. The van der Waals surface area contributed by atoms with Crippen LogP contribution in [0, 0.1) is 0 Å². The van der Waals surface area contributed by atoms with E-state index in [0.29, 0.717) is 13.0 Å². The average molecular weight is 312 g/mol. The van der Waals surface area contributed by atoms with Crippen molar-refractivity contribution in [3.63, 3.8) is 0 Å². The van der Waals surface area contributed by atoms with E-state index in [2.05, 4.69) is 26.1 Å². The Balaban J connectivity index is 2.28. The van der Waals surface area contributed by atoms with Crippen molar-refractivity contribution in [1.82, 2.24) is 5.32 Å². The van der Waals surface area contributed by atoms with Crippen LogP contribution in [0.25, 0.3) is 0 Å². The summed E-state index contributed by atoms with van der Waals surface area (Å²) >= 11 is 3.47. The number of hydrogen-bond acceptors (Lipinski definition) is 3. The Morgan fingerprint density at radius 3 is 3.06 bits per heavy atom. The van der Waals surface area contributed by atoms with Crippen LogP contribution in [-0.2, 0) is 4.79 Å². The Bertz CT molecular complexity index is 424. The van der Waals surface area contributed by atoms with Gasteiger partial charge in [-0.3, -0.25) is 4.79 Å². The van der Waals surface area contributed by atoms with Crippen molar-refractivity contribution in [3.05, 3.63) is 28.7 Å². The molecule has 2 rings (SSSR count). The SMILES string of the molecule is NCCC1C(=O)NCCCN1c1cccc(Br)c1. The fourth-order valence-electron chi connectivity index (χ4n) is 2.28. The molecular weight excluding hydrogens is 294 g/mol. The lowest BCUT2D eigenvalue weighted by Crippen LogP contribution is -2.45. The normalized spacial score (nSPS) is 20.4. The largest absolute Gasteiger partial charge is 0.359 e. The summed E-state index contributed by atoms with van der Waals surface area (Å²) < 4.78 is 1.02. The quantitative estimate of drug-likeness (QED) is 0.889. The Labute approximate surface area is 116 Å². The summed E-state index contributed by atoms with van der Waals surface area (Å²) in [6.07, 6.45) is 1.64. The number of carbonyl (C=O) groups excluding carboxylic acids is 1. The highest BCUT2D eigenvalue weighted by atomic mass is 79.9. The van der Waals surface area contributed by atoms with Crippen molar-refractivity contribution >= 4 is 27.5 Å². The van der Waals surface area contributed by atoms with Crippen LogP contribution >= 0.6 is 15.9 Å². The van der Waals surface area contributed by atoms with Crippen LogP contribution < -0.4 is 16.0 Å². The van der Waals surface area contributed by atoms with Gasteiger partial charge in [-0.2, -0.15) is 0 Å². The molecule has 4 nitrogen and oxygen atoms in total. The van der Waals surface area contributed by atoms with Gasteiger partial charge in [0.15, 0.2) is 0 Å². The second-order valence-electron chi connectivity index (χ2n) is 4.41. The molecule has 98 valence electrons. The topological polar surface area (TPSA) is 58.4 Å². The van der Waals surface area contributed by atoms with Crippen LogP contribution in [0.3, 0.4) is 0 Å². The third-order valence-electron chi connectivity index (χ3n) is 3.13. The summed E-state index contributed by atoms with van der Waals surface area (Å²) in [7, 11) is 0. The average Bonchev–Trinajstić information content (AvgIpc) is 2.53. The van der Waals surface area contributed by atoms with Gasteiger partial charge >= 0.3 is 0 Å². The van der Waals surface area contributed by atoms with Gasteiger partial charge in [-0.15, -0.1) is 0 Å². The van der Waals surface area contributed by atoms with E-state index >= 15 is 0 Å². The summed E-state index contributed by atoms with van der Waals surface area (Å²) in [6.45, 7) is 2.13. The molecule has 0 radical (unpaired) electrons.